The second kappa shape index (κ2) is 6.96. The molecule has 0 saturated heterocycles. The van der Waals surface area contributed by atoms with E-state index in [1.807, 2.05) is 49.4 Å². The number of nitrogens with zero attached hydrogens (tertiary/aromatic N) is 2. The zero-order chi connectivity index (χ0) is 18.8. The zero-order valence-corrected chi connectivity index (χ0v) is 15.0. The second-order valence-corrected chi connectivity index (χ2v) is 6.19. The second-order valence-electron chi connectivity index (χ2n) is 6.19. The van der Waals surface area contributed by atoms with Gasteiger partial charge in [-0.1, -0.05) is 23.8 Å². The third kappa shape index (κ3) is 3.40. The van der Waals surface area contributed by atoms with E-state index in [0.717, 1.165) is 11.1 Å². The number of aromatic nitrogens is 1. The molecule has 0 aliphatic rings. The number of ether oxygens (including phenoxy) is 1. The van der Waals surface area contributed by atoms with Crippen molar-refractivity contribution in [3.8, 4) is 23.0 Å². The summed E-state index contributed by atoms with van der Waals surface area (Å²) in [5.74, 6) is 1.05. The Hall–Kier alpha value is -3.60. The van der Waals surface area contributed by atoms with Gasteiger partial charge in [0.15, 0.2) is 17.1 Å². The summed E-state index contributed by atoms with van der Waals surface area (Å²) in [6, 6.07) is 18.9. The fourth-order valence-corrected chi connectivity index (χ4v) is 2.77. The van der Waals surface area contributed by atoms with Gasteiger partial charge in [0.2, 0.25) is 5.89 Å². The molecule has 0 aliphatic heterocycles. The summed E-state index contributed by atoms with van der Waals surface area (Å²) in [4.78, 5) is 8.96. The number of aliphatic imine (C=N–C) groups is 1. The van der Waals surface area contributed by atoms with Crippen molar-refractivity contribution in [2.24, 2.45) is 4.99 Å². The topological polar surface area (TPSA) is 67.9 Å². The highest BCUT2D eigenvalue weighted by Gasteiger charge is 2.09. The molecule has 0 saturated carbocycles. The molecule has 0 amide bonds. The first-order chi connectivity index (χ1) is 13.1. The predicted molar refractivity (Wildman–Crippen MR) is 106 cm³/mol. The number of fused-ring (bicyclic) bond motifs is 1. The Bertz CT molecular complexity index is 1130. The lowest BCUT2D eigenvalue weighted by Gasteiger charge is -2.04. The lowest BCUT2D eigenvalue weighted by molar-refractivity contribution is 0.373. The molecule has 0 radical (unpaired) electrons. The first-order valence-electron chi connectivity index (χ1n) is 8.52. The van der Waals surface area contributed by atoms with E-state index >= 15 is 0 Å². The van der Waals surface area contributed by atoms with Gasteiger partial charge >= 0.3 is 0 Å². The maximum absolute atomic E-state index is 10.1. The van der Waals surface area contributed by atoms with E-state index in [-0.39, 0.29) is 5.75 Å². The van der Waals surface area contributed by atoms with Gasteiger partial charge in [-0.15, -0.1) is 0 Å². The average molecular weight is 358 g/mol. The minimum absolute atomic E-state index is 0.0613. The van der Waals surface area contributed by atoms with Crippen LogP contribution in [0.1, 0.15) is 11.1 Å². The van der Waals surface area contributed by atoms with E-state index in [1.165, 1.54) is 12.7 Å². The number of para-hydroxylation sites is 1. The first kappa shape index (κ1) is 16.8. The van der Waals surface area contributed by atoms with Crippen LogP contribution in [0, 0.1) is 6.92 Å². The molecule has 1 heterocycles. The highest BCUT2D eigenvalue weighted by molar-refractivity contribution is 5.88. The molecule has 0 unspecified atom stereocenters. The molecule has 3 aromatic carbocycles. The van der Waals surface area contributed by atoms with Gasteiger partial charge in [0.1, 0.15) is 5.52 Å². The lowest BCUT2D eigenvalue weighted by Crippen LogP contribution is -1.88. The van der Waals surface area contributed by atoms with Crippen molar-refractivity contribution >= 4 is 23.0 Å². The molecule has 4 aromatic rings. The van der Waals surface area contributed by atoms with Crippen LogP contribution in [-0.4, -0.2) is 23.4 Å². The Morgan fingerprint density at radius 1 is 1.07 bits per heavy atom. The normalized spacial score (nSPS) is 11.3. The Kier molecular flexibility index (Phi) is 4.34. The SMILES string of the molecule is COc1cccc(C=Nc2ccc3nc(-c4ccc(C)cc4)oc3c2)c1O. The fourth-order valence-electron chi connectivity index (χ4n) is 2.77. The van der Waals surface area contributed by atoms with Gasteiger partial charge in [0.25, 0.3) is 0 Å². The van der Waals surface area contributed by atoms with Crippen LogP contribution in [0.25, 0.3) is 22.6 Å². The first-order valence-corrected chi connectivity index (χ1v) is 8.52. The van der Waals surface area contributed by atoms with E-state index in [1.54, 1.807) is 24.4 Å². The van der Waals surface area contributed by atoms with Crippen LogP contribution in [0.3, 0.4) is 0 Å². The van der Waals surface area contributed by atoms with Crippen LogP contribution in [0.2, 0.25) is 0 Å². The van der Waals surface area contributed by atoms with Crippen LogP contribution >= 0.6 is 0 Å². The lowest BCUT2D eigenvalue weighted by atomic mass is 10.1. The van der Waals surface area contributed by atoms with Crippen LogP contribution < -0.4 is 4.74 Å². The van der Waals surface area contributed by atoms with Gasteiger partial charge in [-0.2, -0.15) is 0 Å². The quantitative estimate of drug-likeness (QED) is 0.505. The van der Waals surface area contributed by atoms with Crippen LogP contribution in [0.4, 0.5) is 5.69 Å². The number of hydrogen-bond acceptors (Lipinski definition) is 5. The van der Waals surface area contributed by atoms with Crippen molar-refractivity contribution in [2.45, 2.75) is 6.92 Å². The number of methoxy groups -OCH3 is 1. The minimum Gasteiger partial charge on any atom is -0.504 e. The Morgan fingerprint density at radius 2 is 1.89 bits per heavy atom. The summed E-state index contributed by atoms with van der Waals surface area (Å²) in [5, 5.41) is 10.1. The average Bonchev–Trinajstić information content (AvgIpc) is 3.11. The minimum atomic E-state index is 0.0613. The van der Waals surface area contributed by atoms with Crippen LogP contribution in [0.15, 0.2) is 70.1 Å². The Morgan fingerprint density at radius 3 is 2.67 bits per heavy atom. The van der Waals surface area contributed by atoms with Crippen LogP contribution in [-0.2, 0) is 0 Å². The molecule has 27 heavy (non-hydrogen) atoms. The monoisotopic (exact) mass is 358 g/mol. The summed E-state index contributed by atoms with van der Waals surface area (Å²) in [6.07, 6.45) is 1.59. The van der Waals surface area contributed by atoms with Gasteiger partial charge in [-0.25, -0.2) is 4.98 Å². The molecular formula is C22H18N2O3. The number of benzene rings is 3. The Labute approximate surface area is 156 Å². The molecule has 0 aliphatic carbocycles. The molecular weight excluding hydrogens is 340 g/mol. The Balaban J connectivity index is 1.65. The van der Waals surface area contributed by atoms with Crippen LogP contribution in [0.5, 0.6) is 11.5 Å². The fraction of sp³-hybridized carbons (Fsp3) is 0.0909. The zero-order valence-electron chi connectivity index (χ0n) is 15.0. The molecule has 1 aromatic heterocycles. The highest BCUT2D eigenvalue weighted by atomic mass is 16.5. The maximum Gasteiger partial charge on any atom is 0.227 e. The number of phenols is 1. The van der Waals surface area contributed by atoms with Crippen molar-refractivity contribution < 1.29 is 14.3 Å². The third-order valence-corrected chi connectivity index (χ3v) is 4.27. The van der Waals surface area contributed by atoms with Gasteiger partial charge in [0, 0.05) is 23.4 Å². The number of hydrogen-bond donors (Lipinski definition) is 1. The van der Waals surface area contributed by atoms with Gasteiger partial charge in [-0.05, 0) is 43.3 Å². The standard InChI is InChI=1S/C22H18N2O3/c1-14-6-8-15(9-7-14)22-24-18-11-10-17(12-20(18)27-22)23-13-16-4-3-5-19(26-2)21(16)25/h3-13,25H,1-2H3. The van der Waals surface area contributed by atoms with Gasteiger partial charge in [0.05, 0.1) is 12.8 Å². The van der Waals surface area contributed by atoms with Gasteiger partial charge in [-0.3, -0.25) is 4.99 Å². The number of oxazole rings is 1. The van der Waals surface area contributed by atoms with Crippen molar-refractivity contribution in [1.29, 1.82) is 0 Å². The number of aryl methyl sites for hydroxylation is 1. The highest BCUT2D eigenvalue weighted by Crippen LogP contribution is 2.30. The summed E-state index contributed by atoms with van der Waals surface area (Å²) in [6.45, 7) is 2.04. The number of rotatable bonds is 4. The van der Waals surface area contributed by atoms with E-state index in [2.05, 4.69) is 9.98 Å². The van der Waals surface area contributed by atoms with Crippen molar-refractivity contribution in [3.63, 3.8) is 0 Å². The molecule has 4 rings (SSSR count). The summed E-state index contributed by atoms with van der Waals surface area (Å²) < 4.78 is 11.0. The molecule has 0 atom stereocenters. The smallest absolute Gasteiger partial charge is 0.227 e. The van der Waals surface area contributed by atoms with Crippen molar-refractivity contribution in [3.05, 3.63) is 71.8 Å². The van der Waals surface area contributed by atoms with E-state index in [4.69, 9.17) is 9.15 Å². The molecule has 0 fully saturated rings. The molecule has 5 heteroatoms. The third-order valence-electron chi connectivity index (χ3n) is 4.27. The van der Waals surface area contributed by atoms with Crippen molar-refractivity contribution in [2.75, 3.05) is 7.11 Å². The molecule has 1 N–H and O–H groups in total. The molecule has 5 nitrogen and oxygen atoms in total. The molecule has 0 spiro atoms. The van der Waals surface area contributed by atoms with E-state index in [9.17, 15) is 5.11 Å². The van der Waals surface area contributed by atoms with E-state index < -0.39 is 0 Å². The van der Waals surface area contributed by atoms with E-state index in [0.29, 0.717) is 28.5 Å². The summed E-state index contributed by atoms with van der Waals surface area (Å²) in [7, 11) is 1.51. The largest absolute Gasteiger partial charge is 0.504 e. The molecule has 134 valence electrons. The van der Waals surface area contributed by atoms with Crippen molar-refractivity contribution in [1.82, 2.24) is 4.98 Å². The summed E-state index contributed by atoms with van der Waals surface area (Å²) in [5.41, 5.74) is 4.84. The number of phenolic OH excluding ortho intramolecular Hbond substituents is 1. The van der Waals surface area contributed by atoms with Gasteiger partial charge < -0.3 is 14.3 Å². The number of aromatic hydroxyl groups is 1. The molecule has 0 bridgehead atoms. The predicted octanol–water partition coefficient (Wildman–Crippen LogP) is 5.27. The maximum atomic E-state index is 10.1. The summed E-state index contributed by atoms with van der Waals surface area (Å²) >= 11 is 0.